The van der Waals surface area contributed by atoms with Crippen LogP contribution < -0.4 is 10.3 Å². The van der Waals surface area contributed by atoms with Crippen molar-refractivity contribution in [3.63, 3.8) is 0 Å². The second kappa shape index (κ2) is 6.99. The van der Waals surface area contributed by atoms with Gasteiger partial charge in [-0.15, -0.1) is 0 Å². The Labute approximate surface area is 150 Å². The van der Waals surface area contributed by atoms with Gasteiger partial charge in [0.2, 0.25) is 5.88 Å². The minimum absolute atomic E-state index is 0.101. The highest BCUT2D eigenvalue weighted by Crippen LogP contribution is 2.31. The average Bonchev–Trinajstić information content (AvgIpc) is 3.04. The van der Waals surface area contributed by atoms with Gasteiger partial charge in [0, 0.05) is 31.4 Å². The van der Waals surface area contributed by atoms with Gasteiger partial charge in [-0.25, -0.2) is 4.98 Å². The van der Waals surface area contributed by atoms with Crippen molar-refractivity contribution in [2.75, 3.05) is 13.1 Å². The maximum absolute atomic E-state index is 12.7. The van der Waals surface area contributed by atoms with Gasteiger partial charge in [0.05, 0.1) is 17.7 Å². The third-order valence-electron chi connectivity index (χ3n) is 3.89. The maximum Gasteiger partial charge on any atom is 0.416 e. The van der Waals surface area contributed by atoms with Crippen molar-refractivity contribution in [1.29, 1.82) is 0 Å². The van der Waals surface area contributed by atoms with E-state index in [-0.39, 0.29) is 28.9 Å². The topological polar surface area (TPSA) is 75.3 Å². The van der Waals surface area contributed by atoms with E-state index in [4.69, 9.17) is 16.3 Å². The lowest BCUT2D eigenvalue weighted by atomic mass is 10.2. The van der Waals surface area contributed by atoms with Crippen LogP contribution in [0.15, 0.2) is 35.4 Å². The number of likely N-dealkylation sites (tertiary alicyclic amines) is 1. The van der Waals surface area contributed by atoms with Crippen LogP contribution in [0.1, 0.15) is 22.3 Å². The van der Waals surface area contributed by atoms with Crippen LogP contribution >= 0.6 is 11.6 Å². The van der Waals surface area contributed by atoms with E-state index in [1.807, 2.05) is 0 Å². The van der Waals surface area contributed by atoms with Crippen LogP contribution in [-0.2, 0) is 6.18 Å². The number of ether oxygens (including phenoxy) is 1. The Balaban J connectivity index is 1.66. The number of aromatic nitrogens is 2. The van der Waals surface area contributed by atoms with Gasteiger partial charge >= 0.3 is 6.18 Å². The third kappa shape index (κ3) is 3.98. The monoisotopic (exact) mass is 387 g/mol. The molecule has 1 amide bonds. The zero-order valence-electron chi connectivity index (χ0n) is 13.2. The molecule has 1 fully saturated rings. The second-order valence-corrected chi connectivity index (χ2v) is 6.13. The number of hydrogen-bond acceptors (Lipinski definition) is 4. The van der Waals surface area contributed by atoms with E-state index in [1.54, 1.807) is 0 Å². The summed E-state index contributed by atoms with van der Waals surface area (Å²) in [5.74, 6) is -0.502. The molecule has 10 heteroatoms. The fourth-order valence-corrected chi connectivity index (χ4v) is 2.76. The van der Waals surface area contributed by atoms with Crippen molar-refractivity contribution < 1.29 is 22.7 Å². The van der Waals surface area contributed by atoms with E-state index in [0.717, 1.165) is 18.3 Å². The number of aromatic amines is 1. The number of carbonyl (C=O) groups excluding carboxylic acids is 1. The lowest BCUT2D eigenvalue weighted by Gasteiger charge is -2.17. The van der Waals surface area contributed by atoms with Crippen LogP contribution in [0.5, 0.6) is 5.88 Å². The number of pyridine rings is 2. The smallest absolute Gasteiger partial charge is 0.416 e. The summed E-state index contributed by atoms with van der Waals surface area (Å²) in [7, 11) is 0. The first-order valence-corrected chi connectivity index (χ1v) is 7.99. The Hall–Kier alpha value is -2.55. The Morgan fingerprint density at radius 2 is 2.15 bits per heavy atom. The number of halogens is 4. The first-order chi connectivity index (χ1) is 12.2. The molecule has 0 saturated carbocycles. The molecule has 1 atom stereocenters. The standard InChI is InChI=1S/C16H13ClF3N3O3/c17-12-5-9(7-22-14(12)24)15(25)23-4-2-11(8-23)26-13-6-10(1-3-21-13)16(18,19)20/h1,3,5-7,11H,2,4,8H2,(H,22,24). The summed E-state index contributed by atoms with van der Waals surface area (Å²) in [4.78, 5) is 31.3. The molecule has 6 nitrogen and oxygen atoms in total. The van der Waals surface area contributed by atoms with Crippen molar-refractivity contribution in [2.24, 2.45) is 0 Å². The predicted molar refractivity (Wildman–Crippen MR) is 86.2 cm³/mol. The van der Waals surface area contributed by atoms with Crippen LogP contribution in [-0.4, -0.2) is 40.0 Å². The molecule has 2 aromatic rings. The van der Waals surface area contributed by atoms with E-state index in [9.17, 15) is 22.8 Å². The molecule has 0 aliphatic carbocycles. The molecular weight excluding hydrogens is 375 g/mol. The lowest BCUT2D eigenvalue weighted by Crippen LogP contribution is -2.31. The SMILES string of the molecule is O=C(c1c[nH]c(=O)c(Cl)c1)N1CCC(Oc2cc(C(F)(F)F)ccn2)C1. The molecule has 3 rings (SSSR count). The molecule has 0 radical (unpaired) electrons. The molecule has 1 aliphatic rings. The van der Waals surface area contributed by atoms with Crippen molar-refractivity contribution in [2.45, 2.75) is 18.7 Å². The Morgan fingerprint density at radius 1 is 1.38 bits per heavy atom. The number of rotatable bonds is 3. The van der Waals surface area contributed by atoms with Crippen LogP contribution in [0.25, 0.3) is 0 Å². The molecule has 138 valence electrons. The van der Waals surface area contributed by atoms with Gasteiger partial charge in [0.1, 0.15) is 11.1 Å². The molecule has 1 aliphatic heterocycles. The summed E-state index contributed by atoms with van der Waals surface area (Å²) in [6, 6.07) is 2.95. The molecule has 1 N–H and O–H groups in total. The van der Waals surface area contributed by atoms with E-state index in [0.29, 0.717) is 13.0 Å². The van der Waals surface area contributed by atoms with Crippen LogP contribution in [0.3, 0.4) is 0 Å². The van der Waals surface area contributed by atoms with Gasteiger partial charge in [-0.05, 0) is 12.1 Å². The van der Waals surface area contributed by atoms with E-state index < -0.39 is 23.4 Å². The first-order valence-electron chi connectivity index (χ1n) is 7.61. The second-order valence-electron chi connectivity index (χ2n) is 5.73. The minimum Gasteiger partial charge on any atom is -0.472 e. The summed E-state index contributed by atoms with van der Waals surface area (Å²) in [5.41, 5.74) is -1.13. The fraction of sp³-hybridized carbons (Fsp3) is 0.312. The van der Waals surface area contributed by atoms with E-state index >= 15 is 0 Å². The van der Waals surface area contributed by atoms with E-state index in [2.05, 4.69) is 9.97 Å². The highest BCUT2D eigenvalue weighted by molar-refractivity contribution is 6.30. The quantitative estimate of drug-likeness (QED) is 0.878. The first kappa shape index (κ1) is 18.2. The van der Waals surface area contributed by atoms with Gasteiger partial charge in [0.25, 0.3) is 11.5 Å². The average molecular weight is 388 g/mol. The van der Waals surface area contributed by atoms with E-state index in [1.165, 1.54) is 17.2 Å². The summed E-state index contributed by atoms with van der Waals surface area (Å²) in [5, 5.41) is -0.101. The van der Waals surface area contributed by atoms with Crippen molar-refractivity contribution in [3.8, 4) is 5.88 Å². The Bertz CT molecular complexity index is 885. The number of nitrogens with zero attached hydrogens (tertiary/aromatic N) is 2. The largest absolute Gasteiger partial charge is 0.472 e. The molecule has 3 heterocycles. The highest BCUT2D eigenvalue weighted by atomic mass is 35.5. The number of H-pyrrole nitrogens is 1. The van der Waals surface area contributed by atoms with Crippen LogP contribution in [0.4, 0.5) is 13.2 Å². The van der Waals surface area contributed by atoms with Gasteiger partial charge in [-0.1, -0.05) is 11.6 Å². The molecule has 2 aromatic heterocycles. The predicted octanol–water partition coefficient (Wildman–Crippen LogP) is 2.74. The molecule has 0 bridgehead atoms. The molecule has 1 saturated heterocycles. The zero-order chi connectivity index (χ0) is 18.9. The van der Waals surface area contributed by atoms with Crippen LogP contribution in [0.2, 0.25) is 5.02 Å². The normalized spacial score (nSPS) is 17.4. The summed E-state index contributed by atoms with van der Waals surface area (Å²) in [6.45, 7) is 0.548. The molecule has 0 aromatic carbocycles. The van der Waals surface area contributed by atoms with Crippen molar-refractivity contribution in [3.05, 3.63) is 57.1 Å². The van der Waals surface area contributed by atoms with Gasteiger partial charge in [-0.3, -0.25) is 9.59 Å². The van der Waals surface area contributed by atoms with Gasteiger partial charge in [-0.2, -0.15) is 13.2 Å². The number of nitrogens with one attached hydrogen (secondary N) is 1. The number of carbonyl (C=O) groups is 1. The molecular formula is C16H13ClF3N3O3. The number of alkyl halides is 3. The highest BCUT2D eigenvalue weighted by Gasteiger charge is 2.32. The minimum atomic E-state index is -4.48. The van der Waals surface area contributed by atoms with Gasteiger partial charge in [0.15, 0.2) is 0 Å². The number of hydrogen-bond donors (Lipinski definition) is 1. The van der Waals surface area contributed by atoms with Crippen molar-refractivity contribution in [1.82, 2.24) is 14.9 Å². The fourth-order valence-electron chi connectivity index (χ4n) is 2.59. The van der Waals surface area contributed by atoms with Crippen LogP contribution in [0, 0.1) is 0 Å². The van der Waals surface area contributed by atoms with Crippen molar-refractivity contribution >= 4 is 17.5 Å². The molecule has 26 heavy (non-hydrogen) atoms. The van der Waals surface area contributed by atoms with Gasteiger partial charge < -0.3 is 14.6 Å². The Kier molecular flexibility index (Phi) is 4.90. The summed E-state index contributed by atoms with van der Waals surface area (Å²) >= 11 is 5.71. The third-order valence-corrected chi connectivity index (χ3v) is 4.17. The Morgan fingerprint density at radius 3 is 2.85 bits per heavy atom. The lowest BCUT2D eigenvalue weighted by molar-refractivity contribution is -0.137. The number of amides is 1. The molecule has 0 spiro atoms. The zero-order valence-corrected chi connectivity index (χ0v) is 14.0. The summed E-state index contributed by atoms with van der Waals surface area (Å²) in [6.07, 6.45) is -2.23. The maximum atomic E-state index is 12.7. The summed E-state index contributed by atoms with van der Waals surface area (Å²) < 4.78 is 43.7. The molecule has 1 unspecified atom stereocenters.